The second-order valence-electron chi connectivity index (χ2n) is 37.4. The van der Waals surface area contributed by atoms with Crippen molar-refractivity contribution in [3.63, 3.8) is 0 Å². The van der Waals surface area contributed by atoms with Crippen LogP contribution < -0.4 is 21.2 Å². The molecule has 13 rings (SSSR count). The van der Waals surface area contributed by atoms with Crippen molar-refractivity contribution in [1.82, 2.24) is 0 Å². The van der Waals surface area contributed by atoms with E-state index >= 15 is 0 Å². The lowest BCUT2D eigenvalue weighted by Gasteiger charge is -2.28. The van der Waals surface area contributed by atoms with Crippen LogP contribution >= 0.6 is 31.5 Å². The Balaban J connectivity index is 1.28. The molecule has 0 heterocycles. The predicted molar refractivity (Wildman–Crippen MR) is 521 cm³/mol. The minimum atomic E-state index is -0.0912. The van der Waals surface area contributed by atoms with Crippen molar-refractivity contribution < 1.29 is 0 Å². The third-order valence-electron chi connectivity index (χ3n) is 23.2. The van der Waals surface area contributed by atoms with E-state index < -0.39 is 0 Å². The van der Waals surface area contributed by atoms with Crippen molar-refractivity contribution >= 4 is 77.0 Å². The normalized spacial score (nSPS) is 12.4. The quantitative estimate of drug-likeness (QED) is 0.0668. The Hall–Kier alpha value is -9.46. The summed E-state index contributed by atoms with van der Waals surface area (Å²) in [6.45, 7) is 60.3. The van der Waals surface area contributed by atoms with Gasteiger partial charge >= 0.3 is 0 Å². The molecule has 0 N–H and O–H groups in total. The van der Waals surface area contributed by atoms with Gasteiger partial charge in [0, 0.05) is 43.5 Å². The molecule has 116 heavy (non-hydrogen) atoms. The predicted octanol–water partition coefficient (Wildman–Crippen LogP) is 32.4. The topological polar surface area (TPSA) is 0 Å². The second-order valence-corrected chi connectivity index (χ2v) is 42.4. The summed E-state index contributed by atoms with van der Waals surface area (Å²) in [7, 11) is 4.55. The molecule has 0 spiro atoms. The summed E-state index contributed by atoms with van der Waals surface area (Å²) in [5.41, 5.74) is 47.6. The van der Waals surface area contributed by atoms with E-state index in [2.05, 4.69) is 423 Å². The van der Waals surface area contributed by atoms with Gasteiger partial charge < -0.3 is 0 Å². The van der Waals surface area contributed by atoms with Gasteiger partial charge in [-0.3, -0.25) is 0 Å². The van der Waals surface area contributed by atoms with E-state index in [0.29, 0.717) is 0 Å². The van der Waals surface area contributed by atoms with Gasteiger partial charge in [-0.05, 0) is 330 Å². The fourth-order valence-corrected chi connectivity index (χ4v) is 24.0. The molecular weight excluding hydrogens is 1470 g/mol. The van der Waals surface area contributed by atoms with Gasteiger partial charge in [0.25, 0.3) is 0 Å². The Bertz CT molecular complexity index is 5270. The zero-order valence-electron chi connectivity index (χ0n) is 73.9. The zero-order chi connectivity index (χ0) is 83.4. The van der Waals surface area contributed by atoms with Crippen molar-refractivity contribution in [3.8, 4) is 89.0 Å². The SMILES string of the molecule is Cc1ccc(/C=C/c2cc(-c3c(C)cc(C)cc3C)c(P=Pc3c(-c4ccc(C(C)(C)C)cc4)c(-c4ccc(C(C)(C)C)cc4)c(P=Pc4c(-c5c(C)cc(C)cc5C)cc(/C=C/c5ccc(C)cc5)cc4-c4c(C)cc(C)cc4C)c(-c4ccc(C(C)(C)C)cc4)c3-c3ccc(C(C)(C)C)cc3)c(-c3c(C)cc(C)cc3C)c2)cc1. The fraction of sp³-hybridized carbons (Fsp3) is 0.268. The third kappa shape index (κ3) is 18.4. The summed E-state index contributed by atoms with van der Waals surface area (Å²) < 4.78 is 0. The second kappa shape index (κ2) is 33.9. The van der Waals surface area contributed by atoms with Gasteiger partial charge in [0.1, 0.15) is 0 Å². The molecule has 0 amide bonds. The van der Waals surface area contributed by atoms with Crippen LogP contribution in [0.25, 0.3) is 113 Å². The van der Waals surface area contributed by atoms with Gasteiger partial charge in [-0.1, -0.05) is 335 Å². The molecule has 586 valence electrons. The van der Waals surface area contributed by atoms with E-state index in [-0.39, 0.29) is 21.7 Å². The minimum Gasteiger partial charge on any atom is -0.0587 e. The third-order valence-corrected chi connectivity index (χ3v) is 29.1. The van der Waals surface area contributed by atoms with Crippen LogP contribution in [0.1, 0.15) is 205 Å². The van der Waals surface area contributed by atoms with Gasteiger partial charge in [-0.25, -0.2) is 0 Å². The fourth-order valence-electron chi connectivity index (χ4n) is 17.4. The Morgan fingerprint density at radius 1 is 0.181 bits per heavy atom. The highest BCUT2D eigenvalue weighted by Gasteiger charge is 2.31. The van der Waals surface area contributed by atoms with Gasteiger partial charge in [-0.2, -0.15) is 0 Å². The molecule has 0 aliphatic rings. The highest BCUT2D eigenvalue weighted by atomic mass is 31.7. The monoisotopic (exact) mass is 1590 g/mol. The molecule has 0 saturated heterocycles. The maximum Gasteiger partial charge on any atom is 0.0233 e. The molecule has 13 aromatic carbocycles. The van der Waals surface area contributed by atoms with Gasteiger partial charge in [0.05, 0.1) is 0 Å². The molecule has 0 aromatic heterocycles. The van der Waals surface area contributed by atoms with E-state index in [0.717, 1.165) is 31.5 Å². The minimum absolute atomic E-state index is 0.0912. The summed E-state index contributed by atoms with van der Waals surface area (Å²) in [4.78, 5) is 0. The van der Waals surface area contributed by atoms with Gasteiger partial charge in [0.2, 0.25) is 0 Å². The summed E-state index contributed by atoms with van der Waals surface area (Å²) in [5.74, 6) is 0. The van der Waals surface area contributed by atoms with Gasteiger partial charge in [-0.15, -0.1) is 0 Å². The lowest BCUT2D eigenvalue weighted by Crippen LogP contribution is -2.18. The van der Waals surface area contributed by atoms with Crippen molar-refractivity contribution in [1.29, 1.82) is 0 Å². The van der Waals surface area contributed by atoms with Crippen LogP contribution in [0.3, 0.4) is 0 Å². The first kappa shape index (κ1) is 84.5. The first-order chi connectivity index (χ1) is 54.8. The molecule has 0 aliphatic carbocycles. The Morgan fingerprint density at radius 3 is 0.552 bits per heavy atom. The molecule has 0 atom stereocenters. The molecule has 0 radical (unpaired) electrons. The summed E-state index contributed by atoms with van der Waals surface area (Å²) in [5, 5.41) is 5.25. The van der Waals surface area contributed by atoms with Crippen molar-refractivity contribution in [2.24, 2.45) is 0 Å². The first-order valence-electron chi connectivity index (χ1n) is 41.5. The molecule has 13 aromatic rings. The van der Waals surface area contributed by atoms with Crippen molar-refractivity contribution in [2.75, 3.05) is 0 Å². The number of rotatable bonds is 16. The smallest absolute Gasteiger partial charge is 0.0233 e. The standard InChI is InChI=1S/C112H118P4/c1-67-27-31-81(32-28-67)35-37-83-63-93(97-73(7)55-69(3)56-74(97)8)105(94(64-83)98-75(9)57-70(4)58-76(98)10)113-115-107-101(85-39-47-89(48-40-85)109(15,16)17)103(87-43-51-91(52-44-87)111(21,22)23)108(104(88-45-53-92(54-46-88)112(24,25)26)102(107)86-41-49-90(50-42-86)110(18,19)20)116-114-106-95(99-77(11)59-71(5)60-78(99)12)65-84(38-36-82-33-29-68(2)30-34-82)66-96(106)100-79(13)61-72(6)62-80(100)14/h27-66H,1-26H3/b37-35+,38-36+. The summed E-state index contributed by atoms with van der Waals surface area (Å²) in [6.07, 6.45) is 9.32. The largest absolute Gasteiger partial charge is 0.0587 e. The van der Waals surface area contributed by atoms with Crippen LogP contribution in [0.2, 0.25) is 0 Å². The maximum atomic E-state index is 2.52. The van der Waals surface area contributed by atoms with Crippen LogP contribution in [0.15, 0.2) is 218 Å². The molecule has 0 saturated carbocycles. The van der Waals surface area contributed by atoms with Crippen LogP contribution in [0.4, 0.5) is 0 Å². The Labute approximate surface area is 703 Å². The highest BCUT2D eigenvalue weighted by molar-refractivity contribution is 7.92. The molecule has 0 fully saturated rings. The highest BCUT2D eigenvalue weighted by Crippen LogP contribution is 2.50. The number of hydrogen-bond donors (Lipinski definition) is 0. The lowest BCUT2D eigenvalue weighted by molar-refractivity contribution is 0.590. The number of aryl methyl sites for hydroxylation is 14. The Morgan fingerprint density at radius 2 is 0.362 bits per heavy atom. The molecule has 0 unspecified atom stereocenters. The molecule has 0 bridgehead atoms. The van der Waals surface area contributed by atoms with Crippen LogP contribution in [0.5, 0.6) is 0 Å². The van der Waals surface area contributed by atoms with E-state index in [4.69, 9.17) is 0 Å². The number of hydrogen-bond acceptors (Lipinski definition) is 0. The van der Waals surface area contributed by atoms with E-state index in [1.165, 1.54) is 233 Å². The molecule has 4 heteroatoms. The van der Waals surface area contributed by atoms with Crippen LogP contribution in [-0.4, -0.2) is 0 Å². The first-order valence-corrected chi connectivity index (χ1v) is 46.5. The summed E-state index contributed by atoms with van der Waals surface area (Å²) in [6, 6.07) is 86.5. The lowest BCUT2D eigenvalue weighted by atomic mass is 9.81. The van der Waals surface area contributed by atoms with Crippen molar-refractivity contribution in [2.45, 2.75) is 202 Å². The Kier molecular flexibility index (Phi) is 24.7. The van der Waals surface area contributed by atoms with Gasteiger partial charge in [0.15, 0.2) is 0 Å². The zero-order valence-corrected chi connectivity index (χ0v) is 77.5. The van der Waals surface area contributed by atoms with Crippen LogP contribution in [-0.2, 0) is 21.7 Å². The number of benzene rings is 13. The molecule has 0 nitrogen and oxygen atoms in total. The van der Waals surface area contributed by atoms with Crippen molar-refractivity contribution in [3.05, 3.63) is 341 Å². The van der Waals surface area contributed by atoms with Crippen LogP contribution in [0, 0.1) is 96.9 Å². The molecule has 0 aliphatic heterocycles. The average molecular weight is 1590 g/mol. The van der Waals surface area contributed by atoms with E-state index in [1.54, 1.807) is 0 Å². The average Bonchev–Trinajstić information content (AvgIpc) is 0.719. The maximum absolute atomic E-state index is 2.52. The van der Waals surface area contributed by atoms with E-state index in [1.807, 2.05) is 0 Å². The van der Waals surface area contributed by atoms with E-state index in [9.17, 15) is 0 Å². The summed E-state index contributed by atoms with van der Waals surface area (Å²) >= 11 is 0. The molecular formula is C112H118P4.